The lowest BCUT2D eigenvalue weighted by Gasteiger charge is -2.56. The van der Waals surface area contributed by atoms with E-state index in [1.165, 1.54) is 0 Å². The summed E-state index contributed by atoms with van der Waals surface area (Å²) in [6.07, 6.45) is 0.873. The third-order valence-corrected chi connectivity index (χ3v) is 3.47. The Morgan fingerprint density at radius 3 is 2.62 bits per heavy atom. The van der Waals surface area contributed by atoms with Crippen LogP contribution in [0.25, 0.3) is 0 Å². The molecule has 2 heterocycles. The van der Waals surface area contributed by atoms with Gasteiger partial charge in [-0.15, -0.1) is 0 Å². The highest BCUT2D eigenvalue weighted by Crippen LogP contribution is 2.31. The van der Waals surface area contributed by atoms with Gasteiger partial charge in [-0.2, -0.15) is 0 Å². The van der Waals surface area contributed by atoms with E-state index >= 15 is 0 Å². The summed E-state index contributed by atoms with van der Waals surface area (Å²) in [5.41, 5.74) is 2.87. The normalized spacial score (nSPS) is 33.5. The van der Waals surface area contributed by atoms with Crippen molar-refractivity contribution in [3.05, 3.63) is 0 Å². The van der Waals surface area contributed by atoms with Gasteiger partial charge in [0.25, 0.3) is 5.91 Å². The first-order chi connectivity index (χ1) is 7.23. The maximum absolute atomic E-state index is 11.6. The van der Waals surface area contributed by atoms with E-state index in [1.807, 2.05) is 4.90 Å². The van der Waals surface area contributed by atoms with Crippen molar-refractivity contribution < 1.29 is 4.79 Å². The second kappa shape index (κ2) is 3.30. The molecule has 2 aliphatic rings. The van der Waals surface area contributed by atoms with Gasteiger partial charge in [-0.1, -0.05) is 0 Å². The second-order valence-electron chi connectivity index (χ2n) is 5.42. The van der Waals surface area contributed by atoms with Crippen LogP contribution in [-0.4, -0.2) is 45.7 Å². The minimum Gasteiger partial charge on any atom is -0.357 e. The molecule has 0 spiro atoms. The fraction of sp³-hybridized carbons (Fsp3) is 0.800. The molecule has 2 fully saturated rings. The van der Waals surface area contributed by atoms with Crippen LogP contribution < -0.4 is 10.7 Å². The average Bonchev–Trinajstić information content (AvgIpc) is 2.06. The number of fused-ring (bicyclic) bond motifs is 1. The first kappa shape index (κ1) is 11.6. The van der Waals surface area contributed by atoms with Gasteiger partial charge in [0.05, 0.1) is 0 Å². The Morgan fingerprint density at radius 1 is 1.38 bits per heavy atom. The van der Waals surface area contributed by atoms with Crippen molar-refractivity contribution in [2.75, 3.05) is 13.6 Å². The van der Waals surface area contributed by atoms with Crippen LogP contribution in [0.4, 0.5) is 0 Å². The number of rotatable bonds is 0. The van der Waals surface area contributed by atoms with Gasteiger partial charge in [0.1, 0.15) is 12.2 Å². The van der Waals surface area contributed by atoms with Crippen LogP contribution in [0.3, 0.4) is 0 Å². The Bertz CT molecular complexity index is 357. The number of hydrogen-bond acceptors (Lipinski definition) is 3. The van der Waals surface area contributed by atoms with Crippen LogP contribution in [0.15, 0.2) is 0 Å². The highest BCUT2D eigenvalue weighted by atomic mass is 32.1. The summed E-state index contributed by atoms with van der Waals surface area (Å²) in [4.78, 5) is 13.6. The number of nitrogens with one attached hydrogen (secondary N) is 2. The largest absolute Gasteiger partial charge is 0.357 e. The predicted molar refractivity (Wildman–Crippen MR) is 65.4 cm³/mol. The third kappa shape index (κ3) is 1.76. The number of amides is 1. The Morgan fingerprint density at radius 2 is 2.00 bits per heavy atom. The molecular weight excluding hydrogens is 224 g/mol. The molecule has 1 amide bonds. The molecule has 0 aromatic rings. The smallest absolute Gasteiger partial charge is 0.256 e. The maximum Gasteiger partial charge on any atom is 0.256 e. The average molecular weight is 242 g/mol. The maximum atomic E-state index is 11.6. The van der Waals surface area contributed by atoms with Crippen molar-refractivity contribution in [3.63, 3.8) is 0 Å². The summed E-state index contributed by atoms with van der Waals surface area (Å²) in [7, 11) is 1.75. The summed E-state index contributed by atoms with van der Waals surface area (Å²) in [5.74, 6) is 0.0290. The van der Waals surface area contributed by atoms with Crippen molar-refractivity contribution in [1.29, 1.82) is 0 Å². The lowest BCUT2D eigenvalue weighted by atomic mass is 9.88. The zero-order chi connectivity index (χ0) is 12.1. The number of nitrogens with zero attached hydrogens (tertiary/aromatic N) is 2. The quantitative estimate of drug-likeness (QED) is 0.587. The first-order valence-corrected chi connectivity index (χ1v) is 5.79. The molecule has 0 aromatic heterocycles. The standard InChI is InChI=1S/C10H18N4OS/c1-9(2)6-10(3)12-13(4)7(15)5-14(10)8(16)11-9/h12H,5-6H2,1-4H3,(H,11,16)/t10-/m1/s1. The number of hydrazine groups is 1. The van der Waals surface area contributed by atoms with Crippen molar-refractivity contribution in [2.45, 2.75) is 38.4 Å². The molecule has 0 aliphatic carbocycles. The lowest BCUT2D eigenvalue weighted by molar-refractivity contribution is -0.148. The van der Waals surface area contributed by atoms with Crippen molar-refractivity contribution in [1.82, 2.24) is 20.7 Å². The number of likely N-dealkylation sites (N-methyl/N-ethyl adjacent to an activating group) is 1. The molecule has 2 aliphatic heterocycles. The van der Waals surface area contributed by atoms with E-state index in [1.54, 1.807) is 12.1 Å². The van der Waals surface area contributed by atoms with E-state index in [2.05, 4.69) is 31.5 Å². The topological polar surface area (TPSA) is 47.6 Å². The Labute approximate surface area is 101 Å². The van der Waals surface area contributed by atoms with Crippen LogP contribution in [0.2, 0.25) is 0 Å². The van der Waals surface area contributed by atoms with Gasteiger partial charge in [0, 0.05) is 19.0 Å². The zero-order valence-corrected chi connectivity index (χ0v) is 10.9. The van der Waals surface area contributed by atoms with E-state index in [-0.39, 0.29) is 17.1 Å². The molecular formula is C10H18N4OS. The lowest BCUT2D eigenvalue weighted by Crippen LogP contribution is -2.77. The third-order valence-electron chi connectivity index (χ3n) is 3.15. The number of carbonyl (C=O) groups is 1. The number of thiocarbonyl (C=S) groups is 1. The van der Waals surface area contributed by atoms with Crippen molar-refractivity contribution >= 4 is 23.2 Å². The van der Waals surface area contributed by atoms with Crippen LogP contribution in [0.5, 0.6) is 0 Å². The molecule has 0 bridgehead atoms. The van der Waals surface area contributed by atoms with Crippen molar-refractivity contribution in [3.8, 4) is 0 Å². The molecule has 6 heteroatoms. The van der Waals surface area contributed by atoms with Gasteiger partial charge in [-0.05, 0) is 33.0 Å². The van der Waals surface area contributed by atoms with E-state index in [4.69, 9.17) is 12.2 Å². The SMILES string of the molecule is CN1N[C@@]2(C)CC(C)(C)NC(=S)N2CC1=O. The van der Waals surface area contributed by atoms with Crippen LogP contribution in [-0.2, 0) is 4.79 Å². The summed E-state index contributed by atoms with van der Waals surface area (Å²) in [6.45, 7) is 6.63. The van der Waals surface area contributed by atoms with Gasteiger partial charge >= 0.3 is 0 Å². The van der Waals surface area contributed by atoms with Gasteiger partial charge in [-0.25, -0.2) is 5.43 Å². The highest BCUT2D eigenvalue weighted by Gasteiger charge is 2.48. The summed E-state index contributed by atoms with van der Waals surface area (Å²) >= 11 is 5.32. The molecule has 0 saturated carbocycles. The molecule has 16 heavy (non-hydrogen) atoms. The Balaban J connectivity index is 2.30. The minimum atomic E-state index is -0.283. The molecule has 5 nitrogen and oxygen atoms in total. The van der Waals surface area contributed by atoms with E-state index in [0.29, 0.717) is 11.7 Å². The highest BCUT2D eigenvalue weighted by molar-refractivity contribution is 7.80. The molecule has 2 N–H and O–H groups in total. The predicted octanol–water partition coefficient (Wildman–Crippen LogP) is 0.0380. The Kier molecular flexibility index (Phi) is 2.40. The fourth-order valence-electron chi connectivity index (χ4n) is 2.59. The fourth-order valence-corrected chi connectivity index (χ4v) is 3.13. The van der Waals surface area contributed by atoms with Gasteiger partial charge in [0.15, 0.2) is 5.11 Å². The number of hydrogen-bond donors (Lipinski definition) is 2. The monoisotopic (exact) mass is 242 g/mol. The van der Waals surface area contributed by atoms with Crippen LogP contribution in [0, 0.1) is 0 Å². The van der Waals surface area contributed by atoms with E-state index in [0.717, 1.165) is 6.42 Å². The van der Waals surface area contributed by atoms with Gasteiger partial charge in [-0.3, -0.25) is 9.80 Å². The molecule has 2 rings (SSSR count). The van der Waals surface area contributed by atoms with Gasteiger partial charge < -0.3 is 10.2 Å². The van der Waals surface area contributed by atoms with E-state index < -0.39 is 0 Å². The first-order valence-electron chi connectivity index (χ1n) is 5.38. The molecule has 0 unspecified atom stereocenters. The minimum absolute atomic E-state index is 0.0290. The number of carbonyl (C=O) groups excluding carboxylic acids is 1. The summed E-state index contributed by atoms with van der Waals surface area (Å²) in [5, 5.41) is 5.46. The second-order valence-corrected chi connectivity index (χ2v) is 5.80. The van der Waals surface area contributed by atoms with E-state index in [9.17, 15) is 4.79 Å². The molecule has 2 saturated heterocycles. The van der Waals surface area contributed by atoms with Crippen molar-refractivity contribution in [2.24, 2.45) is 0 Å². The molecule has 0 aromatic carbocycles. The molecule has 0 radical (unpaired) electrons. The summed E-state index contributed by atoms with van der Waals surface area (Å²) < 4.78 is 0. The summed E-state index contributed by atoms with van der Waals surface area (Å²) in [6, 6.07) is 0. The zero-order valence-electron chi connectivity index (χ0n) is 10.1. The molecule has 1 atom stereocenters. The van der Waals surface area contributed by atoms with Crippen LogP contribution >= 0.6 is 12.2 Å². The van der Waals surface area contributed by atoms with Crippen LogP contribution in [0.1, 0.15) is 27.2 Å². The Hall–Kier alpha value is -0.880. The van der Waals surface area contributed by atoms with Gasteiger partial charge in [0.2, 0.25) is 0 Å². The molecule has 90 valence electrons.